The first-order valence-electron chi connectivity index (χ1n) is 7.17. The molecular weight excluding hydrogens is 232 g/mol. The van der Waals surface area contributed by atoms with Gasteiger partial charge in [0.2, 0.25) is 0 Å². The van der Waals surface area contributed by atoms with Gasteiger partial charge in [0, 0.05) is 22.0 Å². The molecule has 17 heavy (non-hydrogen) atoms. The maximum atomic E-state index is 12.1. The van der Waals surface area contributed by atoms with E-state index in [9.17, 15) is 9.00 Å². The fourth-order valence-corrected chi connectivity index (χ4v) is 4.74. The Morgan fingerprint density at radius 3 is 2.00 bits per heavy atom. The third kappa shape index (κ3) is 3.90. The maximum Gasteiger partial charge on any atom is 0.148 e. The molecule has 0 aromatic heterocycles. The fourth-order valence-electron chi connectivity index (χ4n) is 3.13. The van der Waals surface area contributed by atoms with Gasteiger partial charge in [0.25, 0.3) is 0 Å². The molecule has 0 N–H and O–H groups in total. The summed E-state index contributed by atoms with van der Waals surface area (Å²) < 4.78 is 12.1. The lowest BCUT2D eigenvalue weighted by molar-refractivity contribution is -0.121. The van der Waals surface area contributed by atoms with E-state index in [4.69, 9.17) is 0 Å². The average molecular weight is 256 g/mol. The predicted octanol–water partition coefficient (Wildman–Crippen LogP) is 3.22. The largest absolute Gasteiger partial charge is 0.298 e. The topological polar surface area (TPSA) is 34.1 Å². The Morgan fingerprint density at radius 2 is 1.41 bits per heavy atom. The molecule has 3 heteroatoms. The van der Waals surface area contributed by atoms with Crippen molar-refractivity contribution in [2.24, 2.45) is 5.92 Å². The van der Waals surface area contributed by atoms with Crippen molar-refractivity contribution in [1.82, 2.24) is 0 Å². The van der Waals surface area contributed by atoms with Crippen molar-refractivity contribution in [1.29, 1.82) is 0 Å². The summed E-state index contributed by atoms with van der Waals surface area (Å²) in [6.07, 6.45) is 11.6. The van der Waals surface area contributed by atoms with Gasteiger partial charge in [-0.05, 0) is 25.7 Å². The molecule has 0 aliphatic heterocycles. The quantitative estimate of drug-likeness (QED) is 0.774. The Hall–Kier alpha value is -0.180. The third-order valence-corrected chi connectivity index (χ3v) is 6.05. The first-order chi connectivity index (χ1) is 8.27. The minimum Gasteiger partial charge on any atom is -0.298 e. The summed E-state index contributed by atoms with van der Waals surface area (Å²) in [6.45, 7) is 0. The lowest BCUT2D eigenvalue weighted by atomic mass is 9.87. The monoisotopic (exact) mass is 256 g/mol. The van der Waals surface area contributed by atoms with E-state index in [1.165, 1.54) is 38.5 Å². The number of ketones is 1. The van der Waals surface area contributed by atoms with Gasteiger partial charge in [-0.15, -0.1) is 0 Å². The molecule has 0 amide bonds. The van der Waals surface area contributed by atoms with Gasteiger partial charge in [-0.2, -0.15) is 0 Å². The summed E-state index contributed by atoms with van der Waals surface area (Å²) in [7, 11) is -0.888. The Balaban J connectivity index is 1.78. The summed E-state index contributed by atoms with van der Waals surface area (Å²) in [5.74, 6) is 0.861. The minimum atomic E-state index is -0.888. The summed E-state index contributed by atoms with van der Waals surface area (Å²) in [5, 5.41) is 0.316. The van der Waals surface area contributed by atoms with Gasteiger partial charge in [0.1, 0.15) is 5.78 Å². The van der Waals surface area contributed by atoms with Gasteiger partial charge < -0.3 is 0 Å². The van der Waals surface area contributed by atoms with Crippen molar-refractivity contribution in [3.63, 3.8) is 0 Å². The van der Waals surface area contributed by atoms with Gasteiger partial charge in [-0.3, -0.25) is 9.00 Å². The molecule has 2 saturated carbocycles. The van der Waals surface area contributed by atoms with E-state index in [0.717, 1.165) is 25.7 Å². The number of hydrogen-bond acceptors (Lipinski definition) is 2. The van der Waals surface area contributed by atoms with Crippen LogP contribution in [0.2, 0.25) is 0 Å². The normalized spacial score (nSPS) is 25.6. The van der Waals surface area contributed by atoms with Crippen LogP contribution in [0, 0.1) is 5.92 Å². The van der Waals surface area contributed by atoms with Crippen molar-refractivity contribution in [3.05, 3.63) is 0 Å². The zero-order valence-corrected chi connectivity index (χ0v) is 11.5. The highest BCUT2D eigenvalue weighted by atomic mass is 32.2. The molecule has 2 aliphatic rings. The lowest BCUT2D eigenvalue weighted by Crippen LogP contribution is -2.28. The van der Waals surface area contributed by atoms with Crippen LogP contribution in [-0.4, -0.2) is 21.0 Å². The smallest absolute Gasteiger partial charge is 0.148 e. The Labute approximate surface area is 107 Å². The molecule has 0 aromatic rings. The van der Waals surface area contributed by atoms with Crippen LogP contribution in [0.5, 0.6) is 0 Å². The summed E-state index contributed by atoms with van der Waals surface area (Å²) in [4.78, 5) is 12.1. The number of Topliss-reactive ketones (excluding diaryl/α,β-unsaturated/α-hetero) is 1. The van der Waals surface area contributed by atoms with Crippen LogP contribution in [0.25, 0.3) is 0 Å². The molecule has 0 saturated heterocycles. The molecule has 0 radical (unpaired) electrons. The molecule has 2 fully saturated rings. The van der Waals surface area contributed by atoms with Gasteiger partial charge in [0.15, 0.2) is 0 Å². The highest BCUT2D eigenvalue weighted by Crippen LogP contribution is 2.26. The van der Waals surface area contributed by atoms with Gasteiger partial charge in [-0.25, -0.2) is 0 Å². The zero-order valence-electron chi connectivity index (χ0n) is 10.7. The van der Waals surface area contributed by atoms with E-state index in [2.05, 4.69) is 0 Å². The summed E-state index contributed by atoms with van der Waals surface area (Å²) in [5.41, 5.74) is 0. The molecule has 2 nitrogen and oxygen atoms in total. The molecule has 0 aromatic carbocycles. The van der Waals surface area contributed by atoms with Crippen LogP contribution in [0.15, 0.2) is 0 Å². The van der Waals surface area contributed by atoms with Crippen molar-refractivity contribution in [2.45, 2.75) is 69.5 Å². The van der Waals surface area contributed by atoms with E-state index in [1.807, 2.05) is 0 Å². The van der Waals surface area contributed by atoms with Crippen LogP contribution in [0.4, 0.5) is 0 Å². The molecule has 0 heterocycles. The highest BCUT2D eigenvalue weighted by molar-refractivity contribution is 7.86. The van der Waals surface area contributed by atoms with Crippen molar-refractivity contribution in [2.75, 3.05) is 5.75 Å². The summed E-state index contributed by atoms with van der Waals surface area (Å²) in [6, 6.07) is 0. The molecule has 1 atom stereocenters. The molecule has 0 bridgehead atoms. The highest BCUT2D eigenvalue weighted by Gasteiger charge is 2.26. The van der Waals surface area contributed by atoms with Crippen LogP contribution in [-0.2, 0) is 15.6 Å². The molecule has 2 rings (SSSR count). The van der Waals surface area contributed by atoms with Crippen LogP contribution in [0.1, 0.15) is 64.2 Å². The van der Waals surface area contributed by atoms with Gasteiger partial charge in [0.05, 0.1) is 5.75 Å². The van der Waals surface area contributed by atoms with Crippen LogP contribution in [0.3, 0.4) is 0 Å². The molecule has 0 spiro atoms. The van der Waals surface area contributed by atoms with E-state index in [1.54, 1.807) is 0 Å². The van der Waals surface area contributed by atoms with E-state index < -0.39 is 10.8 Å². The fraction of sp³-hybridized carbons (Fsp3) is 0.929. The number of carbonyl (C=O) groups is 1. The Bertz CT molecular complexity index is 248. The Kier molecular flexibility index (Phi) is 5.20. The molecule has 98 valence electrons. The lowest BCUT2D eigenvalue weighted by Gasteiger charge is -2.23. The second-order valence-corrected chi connectivity index (χ2v) is 7.30. The standard InChI is InChI=1S/C14H24O2S/c15-14(12-7-3-1-4-8-12)11-17(16)13-9-5-2-6-10-13/h12-13H,1-11H2. The third-order valence-electron chi connectivity index (χ3n) is 4.27. The molecule has 2 aliphatic carbocycles. The number of rotatable bonds is 4. The van der Waals surface area contributed by atoms with Gasteiger partial charge >= 0.3 is 0 Å². The first-order valence-corrected chi connectivity index (χ1v) is 8.55. The minimum absolute atomic E-state index is 0.233. The second-order valence-electron chi connectivity index (χ2n) is 5.59. The number of hydrogen-bond donors (Lipinski definition) is 0. The second kappa shape index (κ2) is 6.67. The van der Waals surface area contributed by atoms with Gasteiger partial charge in [-0.1, -0.05) is 38.5 Å². The predicted molar refractivity (Wildman–Crippen MR) is 71.5 cm³/mol. The first kappa shape index (κ1) is 13.3. The average Bonchev–Trinajstić information content (AvgIpc) is 2.40. The van der Waals surface area contributed by atoms with E-state index in [0.29, 0.717) is 11.0 Å². The van der Waals surface area contributed by atoms with Crippen molar-refractivity contribution in [3.8, 4) is 0 Å². The maximum absolute atomic E-state index is 12.1. The molecule has 1 unspecified atom stereocenters. The summed E-state index contributed by atoms with van der Waals surface area (Å²) >= 11 is 0. The van der Waals surface area contributed by atoms with Crippen LogP contribution < -0.4 is 0 Å². The van der Waals surface area contributed by atoms with E-state index >= 15 is 0 Å². The number of carbonyl (C=O) groups excluding carboxylic acids is 1. The zero-order chi connectivity index (χ0) is 12.1. The van der Waals surface area contributed by atoms with Crippen molar-refractivity contribution < 1.29 is 9.00 Å². The SMILES string of the molecule is O=C(CS(=O)C1CCCCC1)C1CCCCC1. The Morgan fingerprint density at radius 1 is 0.882 bits per heavy atom. The van der Waals surface area contributed by atoms with E-state index in [-0.39, 0.29) is 11.7 Å². The molecular formula is C14H24O2S. The van der Waals surface area contributed by atoms with Crippen molar-refractivity contribution >= 4 is 16.6 Å². The van der Waals surface area contributed by atoms with Crippen LogP contribution >= 0.6 is 0 Å².